The molecule has 1 aliphatic heterocycles. The van der Waals surface area contributed by atoms with Crippen molar-refractivity contribution in [3.8, 4) is 5.69 Å². The molecule has 5 rings (SSSR count). The number of rotatable bonds is 8. The number of piperazine rings is 1. The van der Waals surface area contributed by atoms with Gasteiger partial charge in [0.25, 0.3) is 0 Å². The summed E-state index contributed by atoms with van der Waals surface area (Å²) in [4.78, 5) is 47.1. The number of fused-ring (bicyclic) bond motifs is 1. The van der Waals surface area contributed by atoms with Gasteiger partial charge in [0, 0.05) is 43.4 Å². The maximum absolute atomic E-state index is 12.8. The van der Waals surface area contributed by atoms with E-state index in [0.29, 0.717) is 24.4 Å². The molecule has 38 heavy (non-hydrogen) atoms. The third-order valence-electron chi connectivity index (χ3n) is 6.64. The van der Waals surface area contributed by atoms with Crippen LogP contribution in [0, 0.1) is 0 Å². The molecular weight excluding hydrogens is 484 g/mol. The first-order valence-corrected chi connectivity index (χ1v) is 12.5. The SMILES string of the molecule is CCc1ccc(-n2cc(C(=O)O)c(=O)c3cnc(Nc4ccc(CCN5CCNC(=O)C5)cc4)nc32)cc1. The summed E-state index contributed by atoms with van der Waals surface area (Å²) in [7, 11) is 0. The van der Waals surface area contributed by atoms with E-state index in [1.807, 2.05) is 48.5 Å². The van der Waals surface area contributed by atoms with Crippen LogP contribution in [0.3, 0.4) is 0 Å². The number of hydrogen-bond donors (Lipinski definition) is 3. The fraction of sp³-hybridized carbons (Fsp3) is 0.250. The van der Waals surface area contributed by atoms with Crippen molar-refractivity contribution in [1.29, 1.82) is 0 Å². The summed E-state index contributed by atoms with van der Waals surface area (Å²) >= 11 is 0. The van der Waals surface area contributed by atoms with Crippen LogP contribution < -0.4 is 16.1 Å². The average molecular weight is 513 g/mol. The molecule has 4 aromatic rings. The summed E-state index contributed by atoms with van der Waals surface area (Å²) in [5.41, 5.74) is 3.08. The number of carboxylic acids is 1. The molecule has 3 N–H and O–H groups in total. The second-order valence-electron chi connectivity index (χ2n) is 9.20. The van der Waals surface area contributed by atoms with Crippen LogP contribution in [0.1, 0.15) is 28.4 Å². The number of nitrogens with one attached hydrogen (secondary N) is 2. The lowest BCUT2D eigenvalue weighted by molar-refractivity contribution is -0.124. The number of carbonyl (C=O) groups excluding carboxylic acids is 1. The van der Waals surface area contributed by atoms with Crippen LogP contribution in [0.2, 0.25) is 0 Å². The number of amides is 1. The Balaban J connectivity index is 1.40. The zero-order valence-corrected chi connectivity index (χ0v) is 21.0. The molecule has 0 atom stereocenters. The van der Waals surface area contributed by atoms with Crippen molar-refractivity contribution in [2.75, 3.05) is 31.5 Å². The first-order valence-electron chi connectivity index (χ1n) is 12.5. The summed E-state index contributed by atoms with van der Waals surface area (Å²) in [6.07, 6.45) is 4.37. The smallest absolute Gasteiger partial charge is 0.341 e. The first kappa shape index (κ1) is 25.1. The Labute approximate surface area is 219 Å². The Bertz CT molecular complexity index is 1550. The molecule has 3 heterocycles. The quantitative estimate of drug-likeness (QED) is 0.329. The molecule has 194 valence electrons. The monoisotopic (exact) mass is 512 g/mol. The van der Waals surface area contributed by atoms with Gasteiger partial charge in [0.2, 0.25) is 17.3 Å². The molecule has 0 radical (unpaired) electrons. The number of benzene rings is 2. The van der Waals surface area contributed by atoms with Crippen molar-refractivity contribution in [3.05, 3.63) is 87.8 Å². The molecule has 1 saturated heterocycles. The molecule has 1 amide bonds. The van der Waals surface area contributed by atoms with Crippen molar-refractivity contribution in [3.63, 3.8) is 0 Å². The van der Waals surface area contributed by atoms with Gasteiger partial charge in [0.05, 0.1) is 11.9 Å². The number of hydrogen-bond acceptors (Lipinski definition) is 7. The van der Waals surface area contributed by atoms with Gasteiger partial charge in [-0.3, -0.25) is 14.5 Å². The number of aryl methyl sites for hydroxylation is 1. The van der Waals surface area contributed by atoms with Gasteiger partial charge in [-0.25, -0.2) is 9.78 Å². The van der Waals surface area contributed by atoms with E-state index < -0.39 is 11.4 Å². The van der Waals surface area contributed by atoms with Crippen molar-refractivity contribution in [1.82, 2.24) is 24.8 Å². The minimum absolute atomic E-state index is 0.0637. The molecule has 2 aromatic heterocycles. The average Bonchev–Trinajstić information content (AvgIpc) is 2.93. The molecule has 10 heteroatoms. The van der Waals surface area contributed by atoms with Gasteiger partial charge < -0.3 is 20.3 Å². The second kappa shape index (κ2) is 10.8. The van der Waals surface area contributed by atoms with Crippen molar-refractivity contribution in [2.24, 2.45) is 0 Å². The van der Waals surface area contributed by atoms with Gasteiger partial charge in [-0.1, -0.05) is 31.2 Å². The van der Waals surface area contributed by atoms with Crippen molar-refractivity contribution >= 4 is 34.5 Å². The highest BCUT2D eigenvalue weighted by molar-refractivity contribution is 5.92. The van der Waals surface area contributed by atoms with Crippen LogP contribution in [0.25, 0.3) is 16.7 Å². The van der Waals surface area contributed by atoms with E-state index in [-0.39, 0.29) is 22.8 Å². The third-order valence-corrected chi connectivity index (χ3v) is 6.64. The first-order chi connectivity index (χ1) is 18.4. The molecule has 1 fully saturated rings. The van der Waals surface area contributed by atoms with E-state index in [2.05, 4.69) is 32.4 Å². The standard InChI is InChI=1S/C28H28N6O4/c1-2-18-5-9-21(10-6-18)34-16-23(27(37)38)25(36)22-15-30-28(32-26(22)34)31-20-7-3-19(4-8-20)11-13-33-14-12-29-24(35)17-33/h3-10,15-16H,2,11-14,17H2,1H3,(H,29,35)(H,37,38)(H,30,31,32). The minimum atomic E-state index is -1.30. The van der Waals surface area contributed by atoms with E-state index in [1.54, 1.807) is 4.57 Å². The molecule has 0 unspecified atom stereocenters. The number of nitrogens with zero attached hydrogens (tertiary/aromatic N) is 4. The maximum atomic E-state index is 12.8. The third kappa shape index (κ3) is 5.40. The second-order valence-corrected chi connectivity index (χ2v) is 9.20. The van der Waals surface area contributed by atoms with E-state index in [9.17, 15) is 19.5 Å². The van der Waals surface area contributed by atoms with Gasteiger partial charge >= 0.3 is 5.97 Å². The summed E-state index contributed by atoms with van der Waals surface area (Å²) in [5, 5.41) is 15.7. The number of pyridine rings is 1. The van der Waals surface area contributed by atoms with Gasteiger partial charge in [-0.2, -0.15) is 4.98 Å². The van der Waals surface area contributed by atoms with Gasteiger partial charge in [-0.05, 0) is 48.2 Å². The molecule has 2 aromatic carbocycles. The predicted octanol–water partition coefficient (Wildman–Crippen LogP) is 2.76. The number of aromatic nitrogens is 3. The Kier molecular flexibility index (Phi) is 7.14. The topological polar surface area (TPSA) is 129 Å². The minimum Gasteiger partial charge on any atom is -0.477 e. The van der Waals surface area contributed by atoms with Crippen LogP contribution in [0.15, 0.2) is 65.7 Å². The lowest BCUT2D eigenvalue weighted by atomic mass is 10.1. The number of aromatic carboxylic acids is 1. The summed E-state index contributed by atoms with van der Waals surface area (Å²) in [6.45, 7) is 4.83. The molecule has 0 saturated carbocycles. The largest absolute Gasteiger partial charge is 0.477 e. The number of anilines is 2. The highest BCUT2D eigenvalue weighted by Crippen LogP contribution is 2.20. The van der Waals surface area contributed by atoms with Gasteiger partial charge in [0.15, 0.2) is 5.65 Å². The number of carbonyl (C=O) groups is 2. The lowest BCUT2D eigenvalue weighted by Gasteiger charge is -2.26. The number of carboxylic acid groups (broad SMARTS) is 1. The Morgan fingerprint density at radius 3 is 2.50 bits per heavy atom. The highest BCUT2D eigenvalue weighted by Gasteiger charge is 2.18. The summed E-state index contributed by atoms with van der Waals surface area (Å²) in [5.74, 6) is -0.957. The van der Waals surface area contributed by atoms with Crippen LogP contribution in [-0.2, 0) is 17.6 Å². The fourth-order valence-electron chi connectivity index (χ4n) is 4.47. The normalized spacial score (nSPS) is 13.9. The Hall–Kier alpha value is -4.57. The molecule has 0 spiro atoms. The van der Waals surface area contributed by atoms with E-state index in [0.717, 1.165) is 42.7 Å². The molecule has 0 aliphatic carbocycles. The Morgan fingerprint density at radius 1 is 1.08 bits per heavy atom. The van der Waals surface area contributed by atoms with E-state index in [1.165, 1.54) is 12.4 Å². The van der Waals surface area contributed by atoms with Gasteiger partial charge in [0.1, 0.15) is 5.56 Å². The zero-order chi connectivity index (χ0) is 26.6. The van der Waals surface area contributed by atoms with Crippen LogP contribution >= 0.6 is 0 Å². The molecule has 0 bridgehead atoms. The van der Waals surface area contributed by atoms with E-state index >= 15 is 0 Å². The maximum Gasteiger partial charge on any atom is 0.341 e. The summed E-state index contributed by atoms with van der Waals surface area (Å²) < 4.78 is 1.61. The molecular formula is C28H28N6O4. The van der Waals surface area contributed by atoms with Crippen molar-refractivity contribution in [2.45, 2.75) is 19.8 Å². The molecule has 1 aliphatic rings. The molecule has 10 nitrogen and oxygen atoms in total. The van der Waals surface area contributed by atoms with Crippen LogP contribution in [0.5, 0.6) is 0 Å². The summed E-state index contributed by atoms with van der Waals surface area (Å²) in [6, 6.07) is 15.5. The van der Waals surface area contributed by atoms with Gasteiger partial charge in [-0.15, -0.1) is 0 Å². The lowest BCUT2D eigenvalue weighted by Crippen LogP contribution is -2.48. The van der Waals surface area contributed by atoms with Crippen LogP contribution in [-0.4, -0.2) is 62.6 Å². The fourth-order valence-corrected chi connectivity index (χ4v) is 4.47. The highest BCUT2D eigenvalue weighted by atomic mass is 16.4. The van der Waals surface area contributed by atoms with Crippen LogP contribution in [0.4, 0.5) is 11.6 Å². The zero-order valence-electron chi connectivity index (χ0n) is 21.0. The Morgan fingerprint density at radius 2 is 1.82 bits per heavy atom. The predicted molar refractivity (Wildman–Crippen MR) is 144 cm³/mol. The van der Waals surface area contributed by atoms with Crippen molar-refractivity contribution < 1.29 is 14.7 Å². The van der Waals surface area contributed by atoms with E-state index in [4.69, 9.17) is 0 Å².